The van der Waals surface area contributed by atoms with Crippen LogP contribution >= 0.6 is 0 Å². The van der Waals surface area contributed by atoms with Gasteiger partial charge >= 0.3 is 0 Å². The summed E-state index contributed by atoms with van der Waals surface area (Å²) >= 11 is 0. The third kappa shape index (κ3) is 8.35. The Labute approximate surface area is 321 Å². The second-order valence-corrected chi connectivity index (χ2v) is 14.4. The van der Waals surface area contributed by atoms with E-state index in [0.29, 0.717) is 0 Å². The summed E-state index contributed by atoms with van der Waals surface area (Å²) in [4.78, 5) is 0. The van der Waals surface area contributed by atoms with Gasteiger partial charge in [0.05, 0.1) is 0 Å². The maximum absolute atomic E-state index is 2.39. The van der Waals surface area contributed by atoms with Crippen LogP contribution in [0.1, 0.15) is 66.8 Å². The van der Waals surface area contributed by atoms with Gasteiger partial charge in [-0.15, -0.1) is 0 Å². The van der Waals surface area contributed by atoms with E-state index in [1.807, 2.05) is 0 Å². The minimum Gasteiger partial charge on any atom is -0.0622 e. The van der Waals surface area contributed by atoms with Crippen molar-refractivity contribution >= 4 is 0 Å². The molecule has 8 rings (SSSR count). The highest BCUT2D eigenvalue weighted by Gasteiger charge is 2.27. The molecule has 0 N–H and O–H groups in total. The molecule has 0 aromatic heterocycles. The topological polar surface area (TPSA) is 0 Å². The highest BCUT2D eigenvalue weighted by atomic mass is 14.3. The van der Waals surface area contributed by atoms with Crippen molar-refractivity contribution in [2.24, 2.45) is 0 Å². The average Bonchev–Trinajstić information content (AvgIpc) is 3.23. The molecule has 8 aromatic carbocycles. The Bertz CT molecular complexity index is 2270. The first-order valence-electron chi connectivity index (χ1n) is 19.3. The largest absolute Gasteiger partial charge is 0.0622 e. The van der Waals surface area contributed by atoms with Crippen molar-refractivity contribution in [1.82, 2.24) is 0 Å². The fourth-order valence-corrected chi connectivity index (χ4v) is 8.12. The molecule has 0 atom stereocenters. The van der Waals surface area contributed by atoms with Crippen molar-refractivity contribution in [2.75, 3.05) is 0 Å². The molecule has 0 heterocycles. The van der Waals surface area contributed by atoms with Crippen molar-refractivity contribution in [2.45, 2.75) is 38.5 Å². The molecule has 0 unspecified atom stereocenters. The third-order valence-electron chi connectivity index (χ3n) is 10.7. The average molecular weight is 695 g/mol. The van der Waals surface area contributed by atoms with Gasteiger partial charge in [0.1, 0.15) is 0 Å². The SMILES string of the molecule is c1ccc(Cc2ccccc2-c2c(Cc3ccccc3)c(Cc3ccccc3)c(Cc3ccccc3)c(Cc3ccccc3)c2Cc2ccccc2)cc1. The van der Waals surface area contributed by atoms with E-state index in [1.165, 1.54) is 77.9 Å². The molecule has 0 nitrogen and oxygen atoms in total. The van der Waals surface area contributed by atoms with E-state index in [-0.39, 0.29) is 0 Å². The smallest absolute Gasteiger partial charge is 0.00165 e. The molecule has 54 heavy (non-hydrogen) atoms. The summed E-state index contributed by atoms with van der Waals surface area (Å²) in [5, 5.41) is 0. The highest BCUT2D eigenvalue weighted by molar-refractivity contribution is 5.80. The first-order valence-corrected chi connectivity index (χ1v) is 19.3. The minimum absolute atomic E-state index is 0.854. The van der Waals surface area contributed by atoms with Crippen LogP contribution in [-0.2, 0) is 38.5 Å². The summed E-state index contributed by atoms with van der Waals surface area (Å²) in [6, 6.07) is 75.7. The molecule has 262 valence electrons. The van der Waals surface area contributed by atoms with E-state index in [0.717, 1.165) is 38.5 Å². The minimum atomic E-state index is 0.854. The predicted octanol–water partition coefficient (Wildman–Crippen LogP) is 12.9. The Morgan fingerprint density at radius 1 is 0.204 bits per heavy atom. The molecule has 0 radical (unpaired) electrons. The van der Waals surface area contributed by atoms with Gasteiger partial charge in [-0.25, -0.2) is 0 Å². The summed E-state index contributed by atoms with van der Waals surface area (Å²) in [5.74, 6) is 0. The highest BCUT2D eigenvalue weighted by Crippen LogP contribution is 2.43. The van der Waals surface area contributed by atoms with E-state index in [9.17, 15) is 0 Å². The lowest BCUT2D eigenvalue weighted by molar-refractivity contribution is 0.966. The van der Waals surface area contributed by atoms with Gasteiger partial charge in [-0.05, 0) is 116 Å². The predicted molar refractivity (Wildman–Crippen MR) is 227 cm³/mol. The summed E-state index contributed by atoms with van der Waals surface area (Å²) < 4.78 is 0. The Morgan fingerprint density at radius 2 is 0.444 bits per heavy atom. The number of hydrogen-bond acceptors (Lipinski definition) is 0. The molecule has 0 saturated heterocycles. The fraction of sp³-hybridized carbons (Fsp3) is 0.111. The molecule has 0 aliphatic rings. The van der Waals surface area contributed by atoms with Gasteiger partial charge in [0.25, 0.3) is 0 Å². The van der Waals surface area contributed by atoms with Crippen LogP contribution in [0, 0.1) is 0 Å². The molecule has 0 heteroatoms. The van der Waals surface area contributed by atoms with Gasteiger partial charge in [0, 0.05) is 0 Å². The van der Waals surface area contributed by atoms with Gasteiger partial charge < -0.3 is 0 Å². The second kappa shape index (κ2) is 17.1. The normalized spacial score (nSPS) is 11.0. The van der Waals surface area contributed by atoms with Crippen molar-refractivity contribution in [3.63, 3.8) is 0 Å². The standard InChI is InChI=1S/C54H46/c1-7-21-41(22-8-1)35-47-33-19-20-34-48(47)54-52(39-45-29-15-5-16-30-45)50(37-43-25-11-3-12-26-43)49(36-42-23-9-2-10-24-42)51(38-44-27-13-4-14-28-44)53(54)40-46-31-17-6-18-32-46/h1-34H,35-40H2. The van der Waals surface area contributed by atoms with Crippen LogP contribution in [0.3, 0.4) is 0 Å². The summed E-state index contributed by atoms with van der Waals surface area (Å²) in [6.07, 6.45) is 5.19. The van der Waals surface area contributed by atoms with Gasteiger partial charge in [-0.1, -0.05) is 206 Å². The van der Waals surface area contributed by atoms with Gasteiger partial charge in [0.2, 0.25) is 0 Å². The van der Waals surface area contributed by atoms with E-state index >= 15 is 0 Å². The molecular weight excluding hydrogens is 649 g/mol. The molecule has 0 saturated carbocycles. The lowest BCUT2D eigenvalue weighted by Gasteiger charge is -2.29. The van der Waals surface area contributed by atoms with Crippen LogP contribution in [0.15, 0.2) is 206 Å². The van der Waals surface area contributed by atoms with Crippen LogP contribution in [0.5, 0.6) is 0 Å². The number of rotatable bonds is 13. The molecule has 0 amide bonds. The molecular formula is C54H46. The van der Waals surface area contributed by atoms with Gasteiger partial charge in [-0.2, -0.15) is 0 Å². The number of benzene rings is 8. The van der Waals surface area contributed by atoms with Gasteiger partial charge in [0.15, 0.2) is 0 Å². The Hall–Kier alpha value is -6.24. The molecule has 0 fully saturated rings. The molecule has 0 aliphatic carbocycles. The van der Waals surface area contributed by atoms with Crippen LogP contribution in [0.25, 0.3) is 11.1 Å². The lowest BCUT2D eigenvalue weighted by Crippen LogP contribution is -2.15. The first-order chi connectivity index (χ1) is 26.8. The van der Waals surface area contributed by atoms with E-state index in [2.05, 4.69) is 206 Å². The van der Waals surface area contributed by atoms with Crippen LogP contribution < -0.4 is 0 Å². The molecule has 0 aliphatic heterocycles. The maximum Gasteiger partial charge on any atom is -0.00165 e. The quantitative estimate of drug-likeness (QED) is 0.113. The van der Waals surface area contributed by atoms with Crippen LogP contribution in [0.2, 0.25) is 0 Å². The number of hydrogen-bond donors (Lipinski definition) is 0. The zero-order valence-corrected chi connectivity index (χ0v) is 30.9. The fourth-order valence-electron chi connectivity index (χ4n) is 8.12. The van der Waals surface area contributed by atoms with E-state index in [4.69, 9.17) is 0 Å². The summed E-state index contributed by atoms with van der Waals surface area (Å²) in [7, 11) is 0. The Kier molecular flexibility index (Phi) is 11.0. The third-order valence-corrected chi connectivity index (χ3v) is 10.7. The van der Waals surface area contributed by atoms with Crippen LogP contribution in [0.4, 0.5) is 0 Å². The lowest BCUT2D eigenvalue weighted by atomic mass is 9.74. The van der Waals surface area contributed by atoms with Crippen LogP contribution in [-0.4, -0.2) is 0 Å². The van der Waals surface area contributed by atoms with Crippen molar-refractivity contribution < 1.29 is 0 Å². The Morgan fingerprint density at radius 3 is 0.778 bits per heavy atom. The Balaban J connectivity index is 1.50. The van der Waals surface area contributed by atoms with E-state index in [1.54, 1.807) is 0 Å². The van der Waals surface area contributed by atoms with Crippen molar-refractivity contribution in [3.05, 3.63) is 273 Å². The zero-order valence-electron chi connectivity index (χ0n) is 30.9. The van der Waals surface area contributed by atoms with Crippen molar-refractivity contribution in [1.29, 1.82) is 0 Å². The van der Waals surface area contributed by atoms with Crippen molar-refractivity contribution in [3.8, 4) is 11.1 Å². The first kappa shape index (κ1) is 34.8. The molecule has 8 aromatic rings. The monoisotopic (exact) mass is 694 g/mol. The zero-order chi connectivity index (χ0) is 36.4. The maximum atomic E-state index is 2.39. The molecule has 0 spiro atoms. The van der Waals surface area contributed by atoms with E-state index < -0.39 is 0 Å². The summed E-state index contributed by atoms with van der Waals surface area (Å²) in [5.41, 5.74) is 19.4. The second-order valence-electron chi connectivity index (χ2n) is 14.4. The summed E-state index contributed by atoms with van der Waals surface area (Å²) in [6.45, 7) is 0. The molecule has 0 bridgehead atoms. The van der Waals surface area contributed by atoms with Gasteiger partial charge in [-0.3, -0.25) is 0 Å².